The number of alkyl carbamates (subject to hydrolysis) is 1. The van der Waals surface area contributed by atoms with Gasteiger partial charge in [0.15, 0.2) is 6.29 Å². The van der Waals surface area contributed by atoms with Gasteiger partial charge in [-0.05, 0) is 46.9 Å². The maximum absolute atomic E-state index is 12.6. The molecular weight excluding hydrogens is 458 g/mol. The number of hydrogen-bond donors (Lipinski definition) is 1. The molecule has 35 heavy (non-hydrogen) atoms. The summed E-state index contributed by atoms with van der Waals surface area (Å²) in [4.78, 5) is 33.5. The number of aldehydes is 1. The van der Waals surface area contributed by atoms with Crippen LogP contribution in [0.1, 0.15) is 38.5 Å². The van der Waals surface area contributed by atoms with Crippen molar-refractivity contribution in [2.24, 2.45) is 0 Å². The van der Waals surface area contributed by atoms with Crippen molar-refractivity contribution < 1.29 is 14.3 Å². The fraction of sp³-hybridized carbons (Fsp3) is 0.143. The summed E-state index contributed by atoms with van der Waals surface area (Å²) in [6, 6.07) is 19.9. The van der Waals surface area contributed by atoms with E-state index in [1.807, 2.05) is 31.2 Å². The highest BCUT2D eigenvalue weighted by atomic mass is 32.2. The number of fused-ring (bicyclic) bond motifs is 3. The molecule has 6 nitrogen and oxygen atoms in total. The lowest BCUT2D eigenvalue weighted by molar-refractivity contribution is 0.112. The zero-order valence-corrected chi connectivity index (χ0v) is 19.9. The summed E-state index contributed by atoms with van der Waals surface area (Å²) in [6.07, 6.45) is 5.42. The van der Waals surface area contributed by atoms with Gasteiger partial charge in [0.25, 0.3) is 0 Å². The van der Waals surface area contributed by atoms with Crippen LogP contribution in [0, 0.1) is 6.92 Å². The van der Waals surface area contributed by atoms with E-state index < -0.39 is 6.09 Å². The molecule has 0 radical (unpaired) electrons. The van der Waals surface area contributed by atoms with Gasteiger partial charge in [0.1, 0.15) is 11.6 Å². The third kappa shape index (κ3) is 4.68. The Balaban J connectivity index is 1.26. The van der Waals surface area contributed by atoms with E-state index in [4.69, 9.17) is 4.74 Å². The van der Waals surface area contributed by atoms with Crippen molar-refractivity contribution in [1.82, 2.24) is 15.3 Å². The predicted octanol–water partition coefficient (Wildman–Crippen LogP) is 5.79. The Kier molecular flexibility index (Phi) is 6.59. The fourth-order valence-corrected chi connectivity index (χ4v) is 5.38. The lowest BCUT2D eigenvalue weighted by Crippen LogP contribution is -2.26. The highest BCUT2D eigenvalue weighted by Crippen LogP contribution is 2.44. The van der Waals surface area contributed by atoms with Crippen LogP contribution in [0.2, 0.25) is 0 Å². The number of carbonyl (C=O) groups is 2. The molecule has 0 saturated carbocycles. The highest BCUT2D eigenvalue weighted by Gasteiger charge is 2.29. The summed E-state index contributed by atoms with van der Waals surface area (Å²) in [5, 5.41) is 3.46. The van der Waals surface area contributed by atoms with Crippen molar-refractivity contribution in [3.63, 3.8) is 0 Å². The van der Waals surface area contributed by atoms with Crippen LogP contribution in [-0.2, 0) is 11.3 Å². The molecular formula is C28H23N3O3S. The number of benzene rings is 2. The molecule has 1 N–H and O–H groups in total. The Morgan fingerprint density at radius 1 is 1.03 bits per heavy atom. The van der Waals surface area contributed by atoms with Crippen LogP contribution in [0.25, 0.3) is 11.1 Å². The number of carbonyl (C=O) groups excluding carboxylic acids is 2. The van der Waals surface area contributed by atoms with Crippen molar-refractivity contribution in [3.8, 4) is 11.1 Å². The number of pyridine rings is 2. The molecule has 0 fully saturated rings. The molecule has 2 aromatic heterocycles. The second kappa shape index (κ2) is 10.1. The molecule has 0 bridgehead atoms. The van der Waals surface area contributed by atoms with Crippen molar-refractivity contribution in [3.05, 3.63) is 107 Å². The summed E-state index contributed by atoms with van der Waals surface area (Å²) in [5.41, 5.74) is 7.00. The normalized spacial score (nSPS) is 12.0. The molecule has 174 valence electrons. The summed E-state index contributed by atoms with van der Waals surface area (Å²) >= 11 is 1.39. The predicted molar refractivity (Wildman–Crippen MR) is 135 cm³/mol. The number of aryl methyl sites for hydroxylation is 1. The zero-order chi connectivity index (χ0) is 24.2. The highest BCUT2D eigenvalue weighted by molar-refractivity contribution is 7.99. The first-order valence-electron chi connectivity index (χ1n) is 11.3. The number of amides is 1. The molecule has 0 atom stereocenters. The van der Waals surface area contributed by atoms with E-state index >= 15 is 0 Å². The van der Waals surface area contributed by atoms with Crippen molar-refractivity contribution >= 4 is 24.1 Å². The van der Waals surface area contributed by atoms with Gasteiger partial charge in [-0.3, -0.25) is 9.78 Å². The molecule has 0 unspecified atom stereocenters. The van der Waals surface area contributed by atoms with Gasteiger partial charge in [-0.2, -0.15) is 0 Å². The van der Waals surface area contributed by atoms with Gasteiger partial charge in [0.2, 0.25) is 0 Å². The minimum atomic E-state index is -0.490. The number of hydrogen-bond acceptors (Lipinski definition) is 6. The lowest BCUT2D eigenvalue weighted by Gasteiger charge is -2.16. The quantitative estimate of drug-likeness (QED) is 0.337. The van der Waals surface area contributed by atoms with E-state index in [1.165, 1.54) is 34.0 Å². The molecule has 0 spiro atoms. The summed E-state index contributed by atoms with van der Waals surface area (Å²) in [5.74, 6) is 0.00539. The monoisotopic (exact) mass is 481 g/mol. The van der Waals surface area contributed by atoms with Crippen molar-refractivity contribution in [1.29, 1.82) is 0 Å². The number of ether oxygens (including phenoxy) is 1. The van der Waals surface area contributed by atoms with Crippen LogP contribution in [0.15, 0.2) is 89.2 Å². The van der Waals surface area contributed by atoms with Gasteiger partial charge in [-0.25, -0.2) is 9.78 Å². The maximum Gasteiger partial charge on any atom is 0.407 e. The zero-order valence-electron chi connectivity index (χ0n) is 19.1. The Morgan fingerprint density at radius 2 is 1.74 bits per heavy atom. The van der Waals surface area contributed by atoms with Crippen molar-refractivity contribution in [2.75, 3.05) is 6.61 Å². The van der Waals surface area contributed by atoms with E-state index in [9.17, 15) is 9.59 Å². The molecule has 1 aliphatic rings. The summed E-state index contributed by atoms with van der Waals surface area (Å²) in [7, 11) is 0. The number of nitrogens with one attached hydrogen (secondary N) is 1. The second-order valence-electron chi connectivity index (χ2n) is 8.24. The third-order valence-electron chi connectivity index (χ3n) is 6.04. The minimum absolute atomic E-state index is 0.00539. The largest absolute Gasteiger partial charge is 0.449 e. The smallest absolute Gasteiger partial charge is 0.407 e. The SMILES string of the molecule is Cc1cncc(CNC(=O)OCC2c3ccccc3-c3ccccc32)c1Sc1ncccc1C=O. The van der Waals surface area contributed by atoms with Crippen LogP contribution < -0.4 is 5.32 Å². The second-order valence-corrected chi connectivity index (χ2v) is 9.24. The van der Waals surface area contributed by atoms with Gasteiger partial charge in [-0.15, -0.1) is 0 Å². The number of aromatic nitrogens is 2. The molecule has 7 heteroatoms. The van der Waals surface area contributed by atoms with Gasteiger partial charge >= 0.3 is 6.09 Å². The third-order valence-corrected chi connectivity index (χ3v) is 7.36. The molecule has 1 amide bonds. The van der Waals surface area contributed by atoms with E-state index in [0.29, 0.717) is 10.6 Å². The van der Waals surface area contributed by atoms with Crippen LogP contribution in [-0.4, -0.2) is 29.0 Å². The van der Waals surface area contributed by atoms with Gasteiger partial charge < -0.3 is 10.1 Å². The van der Waals surface area contributed by atoms with Crippen LogP contribution in [0.4, 0.5) is 4.79 Å². The van der Waals surface area contributed by atoms with E-state index in [2.05, 4.69) is 39.6 Å². The first kappa shape index (κ1) is 22.8. The van der Waals surface area contributed by atoms with E-state index in [1.54, 1.807) is 30.7 Å². The van der Waals surface area contributed by atoms with Gasteiger partial charge in [0, 0.05) is 47.1 Å². The van der Waals surface area contributed by atoms with Gasteiger partial charge in [0.05, 0.1) is 0 Å². The van der Waals surface area contributed by atoms with E-state index in [0.717, 1.165) is 22.3 Å². The first-order chi connectivity index (χ1) is 17.2. The number of nitrogens with zero attached hydrogens (tertiary/aromatic N) is 2. The molecule has 0 aliphatic heterocycles. The number of rotatable bonds is 7. The minimum Gasteiger partial charge on any atom is -0.449 e. The average Bonchev–Trinajstić information content (AvgIpc) is 3.21. The maximum atomic E-state index is 12.6. The average molecular weight is 482 g/mol. The molecule has 1 aliphatic carbocycles. The Morgan fingerprint density at radius 3 is 2.46 bits per heavy atom. The van der Waals surface area contributed by atoms with Crippen LogP contribution >= 0.6 is 11.8 Å². The lowest BCUT2D eigenvalue weighted by atomic mass is 9.98. The van der Waals surface area contributed by atoms with Gasteiger partial charge in [-0.1, -0.05) is 60.3 Å². The molecule has 2 aromatic carbocycles. The Bertz CT molecular complexity index is 1360. The first-order valence-corrected chi connectivity index (χ1v) is 12.1. The molecule has 4 aromatic rings. The Hall–Kier alpha value is -3.97. The summed E-state index contributed by atoms with van der Waals surface area (Å²) in [6.45, 7) is 2.44. The molecule has 0 saturated heterocycles. The fourth-order valence-electron chi connectivity index (χ4n) is 4.37. The molecule has 2 heterocycles. The molecule has 5 rings (SSSR count). The topological polar surface area (TPSA) is 81.2 Å². The van der Waals surface area contributed by atoms with Crippen molar-refractivity contribution in [2.45, 2.75) is 29.3 Å². The van der Waals surface area contributed by atoms with Crippen LogP contribution in [0.5, 0.6) is 0 Å². The standard InChI is InChI=1S/C28H23N3O3S/c1-18-13-29-14-20(26(18)35-27-19(16-32)7-6-12-30-27)15-31-28(33)34-17-25-23-10-4-2-8-21(23)22-9-3-5-11-24(22)25/h2-14,16,25H,15,17H2,1H3,(H,31,33). The van der Waals surface area contributed by atoms with Crippen LogP contribution in [0.3, 0.4) is 0 Å². The Labute approximate surface area is 207 Å². The van der Waals surface area contributed by atoms with E-state index in [-0.39, 0.29) is 19.1 Å². The summed E-state index contributed by atoms with van der Waals surface area (Å²) < 4.78 is 5.65.